The third-order valence-electron chi connectivity index (χ3n) is 4.92. The minimum atomic E-state index is -0.0553. The van der Waals surface area contributed by atoms with Gasteiger partial charge in [0.15, 0.2) is 0 Å². The smallest absolute Gasteiger partial charge is 0.225 e. The first-order valence-electron chi connectivity index (χ1n) is 7.56. The number of likely N-dealkylation sites (tertiary alicyclic amines) is 1. The number of fused-ring (bicyclic) bond motifs is 1. The van der Waals surface area contributed by atoms with Gasteiger partial charge in [-0.3, -0.25) is 4.79 Å². The van der Waals surface area contributed by atoms with Gasteiger partial charge in [-0.25, -0.2) is 0 Å². The van der Waals surface area contributed by atoms with Crippen LogP contribution in [0.5, 0.6) is 0 Å². The average molecular weight is 271 g/mol. The maximum absolute atomic E-state index is 12.2. The van der Waals surface area contributed by atoms with Gasteiger partial charge in [-0.15, -0.1) is 0 Å². The van der Waals surface area contributed by atoms with Crippen molar-refractivity contribution < 1.29 is 4.79 Å². The van der Waals surface area contributed by atoms with E-state index in [9.17, 15) is 4.79 Å². The average Bonchev–Trinajstić information content (AvgIpc) is 3.13. The fourth-order valence-corrected chi connectivity index (χ4v) is 3.74. The van der Waals surface area contributed by atoms with E-state index in [1.54, 1.807) is 0 Å². The lowest BCUT2D eigenvalue weighted by Crippen LogP contribution is -2.34. The molecule has 2 heterocycles. The van der Waals surface area contributed by atoms with E-state index in [0.717, 1.165) is 25.8 Å². The molecule has 4 rings (SSSR count). The predicted molar refractivity (Wildman–Crippen MR) is 78.6 cm³/mol. The van der Waals surface area contributed by atoms with Crippen molar-refractivity contribution in [2.45, 2.75) is 43.8 Å². The summed E-state index contributed by atoms with van der Waals surface area (Å²) in [7, 11) is 2.13. The molecule has 4 nitrogen and oxygen atoms in total. The zero-order valence-electron chi connectivity index (χ0n) is 11.9. The highest BCUT2D eigenvalue weighted by molar-refractivity contribution is 5.81. The van der Waals surface area contributed by atoms with Gasteiger partial charge < -0.3 is 15.5 Å². The number of anilines is 1. The maximum atomic E-state index is 12.2. The van der Waals surface area contributed by atoms with Crippen LogP contribution in [-0.4, -0.2) is 36.5 Å². The molecule has 1 amide bonds. The molecule has 2 unspecified atom stereocenters. The Balaban J connectivity index is 1.71. The number of nitrogens with zero attached hydrogens (tertiary/aromatic N) is 2. The Bertz CT molecular complexity index is 567. The molecule has 2 atom stereocenters. The lowest BCUT2D eigenvalue weighted by molar-refractivity contribution is -0.129. The normalized spacial score (nSPS) is 29.2. The summed E-state index contributed by atoms with van der Waals surface area (Å²) in [5.74, 6) is 0.239. The topological polar surface area (TPSA) is 49.6 Å². The molecule has 106 valence electrons. The largest absolute Gasteiger partial charge is 0.374 e. The van der Waals surface area contributed by atoms with Crippen LogP contribution in [-0.2, 0) is 11.2 Å². The summed E-state index contributed by atoms with van der Waals surface area (Å²) in [6.45, 7) is 1.08. The number of carbonyl (C=O) groups is 1. The third-order valence-corrected chi connectivity index (χ3v) is 4.92. The number of carbonyl (C=O) groups excluding carboxylic acids is 1. The molecular formula is C16H21N3O. The van der Waals surface area contributed by atoms with Gasteiger partial charge in [0.1, 0.15) is 0 Å². The second-order valence-corrected chi connectivity index (χ2v) is 6.40. The summed E-state index contributed by atoms with van der Waals surface area (Å²) in [6, 6.07) is 7.11. The number of nitrogens with two attached hydrogens (primary N) is 1. The van der Waals surface area contributed by atoms with Gasteiger partial charge in [0, 0.05) is 37.8 Å². The highest BCUT2D eigenvalue weighted by Crippen LogP contribution is 2.42. The number of benzene rings is 1. The molecule has 0 spiro atoms. The van der Waals surface area contributed by atoms with Gasteiger partial charge in [-0.1, -0.05) is 12.1 Å². The van der Waals surface area contributed by atoms with E-state index in [-0.39, 0.29) is 18.0 Å². The molecule has 0 aromatic heterocycles. The van der Waals surface area contributed by atoms with Crippen LogP contribution in [0.1, 0.15) is 36.4 Å². The molecule has 0 bridgehead atoms. The minimum Gasteiger partial charge on any atom is -0.374 e. The van der Waals surface area contributed by atoms with Crippen molar-refractivity contribution in [1.82, 2.24) is 4.90 Å². The van der Waals surface area contributed by atoms with Gasteiger partial charge in [-0.05, 0) is 36.5 Å². The predicted octanol–water partition coefficient (Wildman–Crippen LogP) is 1.44. The molecule has 2 aliphatic heterocycles. The summed E-state index contributed by atoms with van der Waals surface area (Å²) in [5.41, 5.74) is 10.2. The number of hydrogen-bond acceptors (Lipinski definition) is 3. The SMILES string of the molecule is CN1CCc2cc(C3C(N)CC(=O)N3C3CC3)ccc21. The van der Waals surface area contributed by atoms with E-state index in [1.807, 2.05) is 0 Å². The fourth-order valence-electron chi connectivity index (χ4n) is 3.74. The van der Waals surface area contributed by atoms with Crippen LogP contribution in [0.15, 0.2) is 18.2 Å². The lowest BCUT2D eigenvalue weighted by Gasteiger charge is -2.28. The summed E-state index contributed by atoms with van der Waals surface area (Å²) < 4.78 is 0. The van der Waals surface area contributed by atoms with Gasteiger partial charge in [0.2, 0.25) is 5.91 Å². The van der Waals surface area contributed by atoms with Crippen LogP contribution in [0.25, 0.3) is 0 Å². The first kappa shape index (κ1) is 12.2. The molecule has 1 saturated heterocycles. The van der Waals surface area contributed by atoms with Crippen molar-refractivity contribution in [2.24, 2.45) is 5.73 Å². The van der Waals surface area contributed by atoms with Crippen LogP contribution in [0.2, 0.25) is 0 Å². The summed E-state index contributed by atoms with van der Waals surface area (Å²) in [4.78, 5) is 16.5. The summed E-state index contributed by atoms with van der Waals surface area (Å²) >= 11 is 0. The molecular weight excluding hydrogens is 250 g/mol. The summed E-state index contributed by atoms with van der Waals surface area (Å²) in [6.07, 6.45) is 3.88. The number of likely N-dealkylation sites (N-methyl/N-ethyl adjacent to an activating group) is 1. The van der Waals surface area contributed by atoms with Crippen LogP contribution in [0.3, 0.4) is 0 Å². The molecule has 1 saturated carbocycles. The van der Waals surface area contributed by atoms with Crippen molar-refractivity contribution in [3.8, 4) is 0 Å². The Morgan fingerprint density at radius 3 is 2.85 bits per heavy atom. The Labute approximate surface area is 119 Å². The van der Waals surface area contributed by atoms with Crippen LogP contribution in [0, 0.1) is 0 Å². The van der Waals surface area contributed by atoms with E-state index < -0.39 is 0 Å². The second kappa shape index (κ2) is 4.22. The van der Waals surface area contributed by atoms with Gasteiger partial charge in [0.05, 0.1) is 6.04 Å². The van der Waals surface area contributed by atoms with E-state index in [0.29, 0.717) is 12.5 Å². The van der Waals surface area contributed by atoms with Crippen molar-refractivity contribution >= 4 is 11.6 Å². The zero-order chi connectivity index (χ0) is 13.9. The maximum Gasteiger partial charge on any atom is 0.225 e. The number of rotatable bonds is 2. The van der Waals surface area contributed by atoms with Gasteiger partial charge in [-0.2, -0.15) is 0 Å². The zero-order valence-corrected chi connectivity index (χ0v) is 11.9. The van der Waals surface area contributed by atoms with Gasteiger partial charge >= 0.3 is 0 Å². The Morgan fingerprint density at radius 2 is 2.10 bits per heavy atom. The Morgan fingerprint density at radius 1 is 1.30 bits per heavy atom. The molecule has 1 aliphatic carbocycles. The standard InChI is InChI=1S/C16H21N3O/c1-18-7-6-10-8-11(2-5-14(10)18)16-13(17)9-15(20)19(16)12-3-4-12/h2,5,8,12-13,16H,3-4,6-7,9,17H2,1H3. The highest BCUT2D eigenvalue weighted by atomic mass is 16.2. The number of amides is 1. The molecule has 3 aliphatic rings. The molecule has 2 fully saturated rings. The quantitative estimate of drug-likeness (QED) is 0.885. The molecule has 20 heavy (non-hydrogen) atoms. The van der Waals surface area contributed by atoms with Gasteiger partial charge in [0.25, 0.3) is 0 Å². The molecule has 1 aromatic rings. The van der Waals surface area contributed by atoms with E-state index in [2.05, 4.69) is 35.0 Å². The van der Waals surface area contributed by atoms with Crippen molar-refractivity contribution in [1.29, 1.82) is 0 Å². The van der Waals surface area contributed by atoms with E-state index in [4.69, 9.17) is 5.73 Å². The van der Waals surface area contributed by atoms with Crippen molar-refractivity contribution in [3.63, 3.8) is 0 Å². The lowest BCUT2D eigenvalue weighted by atomic mass is 9.97. The second-order valence-electron chi connectivity index (χ2n) is 6.40. The molecule has 4 heteroatoms. The Kier molecular flexibility index (Phi) is 2.58. The fraction of sp³-hybridized carbons (Fsp3) is 0.562. The van der Waals surface area contributed by atoms with Crippen molar-refractivity contribution in [3.05, 3.63) is 29.3 Å². The molecule has 0 radical (unpaired) electrons. The Hall–Kier alpha value is -1.55. The molecule has 2 N–H and O–H groups in total. The first-order valence-corrected chi connectivity index (χ1v) is 7.56. The third kappa shape index (κ3) is 1.74. The number of hydrogen-bond donors (Lipinski definition) is 1. The minimum absolute atomic E-state index is 0.0553. The van der Waals surface area contributed by atoms with Crippen LogP contribution in [0.4, 0.5) is 5.69 Å². The van der Waals surface area contributed by atoms with Crippen LogP contribution >= 0.6 is 0 Å². The highest BCUT2D eigenvalue weighted by Gasteiger charge is 2.46. The first-order chi connectivity index (χ1) is 9.65. The molecule has 1 aromatic carbocycles. The van der Waals surface area contributed by atoms with E-state index >= 15 is 0 Å². The van der Waals surface area contributed by atoms with E-state index in [1.165, 1.54) is 16.8 Å². The monoisotopic (exact) mass is 271 g/mol. The van der Waals surface area contributed by atoms with Crippen LogP contribution < -0.4 is 10.6 Å². The van der Waals surface area contributed by atoms with Crippen molar-refractivity contribution in [2.75, 3.05) is 18.5 Å². The summed E-state index contributed by atoms with van der Waals surface area (Å²) in [5, 5.41) is 0.